The molecule has 0 saturated carbocycles. The first kappa shape index (κ1) is 9.98. The van der Waals surface area contributed by atoms with Crippen LogP contribution in [0, 0.1) is 3.57 Å². The fourth-order valence-electron chi connectivity index (χ4n) is 0.806. The molecular weight excluding hydrogens is 333 g/mol. The minimum atomic E-state index is -0.0549. The zero-order valence-corrected chi connectivity index (χ0v) is 10.1. The van der Waals surface area contributed by atoms with Crippen LogP contribution in [0.15, 0.2) is 22.7 Å². The summed E-state index contributed by atoms with van der Waals surface area (Å²) in [6.07, 6.45) is 0. The van der Waals surface area contributed by atoms with Crippen molar-refractivity contribution < 1.29 is 4.79 Å². The van der Waals surface area contributed by atoms with Crippen molar-refractivity contribution >= 4 is 44.4 Å². The maximum atomic E-state index is 11.2. The van der Waals surface area contributed by atoms with Crippen LogP contribution >= 0.6 is 38.5 Å². The van der Waals surface area contributed by atoms with Crippen molar-refractivity contribution in [1.29, 1.82) is 0 Å². The number of amides is 1. The molecule has 0 spiro atoms. The van der Waals surface area contributed by atoms with Crippen molar-refractivity contribution in [1.82, 2.24) is 5.32 Å². The molecule has 0 atom stereocenters. The Balaban J connectivity index is 3.13. The predicted molar refractivity (Wildman–Crippen MR) is 60.2 cm³/mol. The van der Waals surface area contributed by atoms with Gasteiger partial charge in [-0.15, -0.1) is 0 Å². The van der Waals surface area contributed by atoms with Gasteiger partial charge in [-0.25, -0.2) is 0 Å². The largest absolute Gasteiger partial charge is 0.355 e. The molecular formula is C8H7BrINO. The van der Waals surface area contributed by atoms with E-state index in [1.54, 1.807) is 13.1 Å². The molecule has 0 unspecified atom stereocenters. The van der Waals surface area contributed by atoms with E-state index in [1.165, 1.54) is 0 Å². The van der Waals surface area contributed by atoms with E-state index in [9.17, 15) is 4.79 Å². The molecule has 2 nitrogen and oxygen atoms in total. The van der Waals surface area contributed by atoms with E-state index in [0.29, 0.717) is 5.56 Å². The normalized spacial score (nSPS) is 9.58. The van der Waals surface area contributed by atoms with Crippen LogP contribution in [0.2, 0.25) is 0 Å². The molecule has 12 heavy (non-hydrogen) atoms. The van der Waals surface area contributed by atoms with Crippen LogP contribution in [-0.2, 0) is 0 Å². The molecule has 1 N–H and O–H groups in total. The molecule has 4 heteroatoms. The lowest BCUT2D eigenvalue weighted by molar-refractivity contribution is 0.0962. The lowest BCUT2D eigenvalue weighted by atomic mass is 10.2. The second-order valence-electron chi connectivity index (χ2n) is 2.20. The van der Waals surface area contributed by atoms with E-state index >= 15 is 0 Å². The minimum absolute atomic E-state index is 0.0549. The van der Waals surface area contributed by atoms with Gasteiger partial charge in [-0.05, 0) is 40.8 Å². The van der Waals surface area contributed by atoms with Gasteiger partial charge in [-0.3, -0.25) is 4.79 Å². The number of benzene rings is 1. The van der Waals surface area contributed by atoms with Crippen LogP contribution in [0.1, 0.15) is 10.4 Å². The van der Waals surface area contributed by atoms with Crippen LogP contribution in [0.5, 0.6) is 0 Å². The van der Waals surface area contributed by atoms with Crippen molar-refractivity contribution in [2.75, 3.05) is 7.05 Å². The van der Waals surface area contributed by atoms with Gasteiger partial charge in [0.15, 0.2) is 0 Å². The maximum Gasteiger partial charge on any atom is 0.252 e. The Labute approximate surface area is 93.0 Å². The number of nitrogens with one attached hydrogen (secondary N) is 1. The fraction of sp³-hybridized carbons (Fsp3) is 0.125. The molecule has 64 valence electrons. The Kier molecular flexibility index (Phi) is 3.52. The highest BCUT2D eigenvalue weighted by Crippen LogP contribution is 2.17. The van der Waals surface area contributed by atoms with E-state index < -0.39 is 0 Å². The molecule has 0 fully saturated rings. The van der Waals surface area contributed by atoms with Gasteiger partial charge in [0.2, 0.25) is 0 Å². The SMILES string of the molecule is CNC(=O)c1cc(Br)ccc1I. The Hall–Kier alpha value is -0.100. The molecule has 1 aromatic rings. The topological polar surface area (TPSA) is 29.1 Å². The Morgan fingerprint density at radius 1 is 1.58 bits per heavy atom. The van der Waals surface area contributed by atoms with Crippen LogP contribution in [0.4, 0.5) is 0 Å². The summed E-state index contributed by atoms with van der Waals surface area (Å²) in [6, 6.07) is 5.62. The standard InChI is InChI=1S/C8H7BrINO/c1-11-8(12)6-4-5(9)2-3-7(6)10/h2-4H,1H3,(H,11,12). The number of rotatable bonds is 1. The average Bonchev–Trinajstić information content (AvgIpc) is 2.08. The third-order valence-electron chi connectivity index (χ3n) is 1.40. The molecule has 0 aliphatic carbocycles. The summed E-state index contributed by atoms with van der Waals surface area (Å²) in [5.41, 5.74) is 0.701. The van der Waals surface area contributed by atoms with E-state index in [-0.39, 0.29) is 5.91 Å². The maximum absolute atomic E-state index is 11.2. The molecule has 0 bridgehead atoms. The van der Waals surface area contributed by atoms with Crippen molar-refractivity contribution in [2.24, 2.45) is 0 Å². The highest BCUT2D eigenvalue weighted by molar-refractivity contribution is 14.1. The van der Waals surface area contributed by atoms with Gasteiger partial charge < -0.3 is 5.32 Å². The van der Waals surface area contributed by atoms with Gasteiger partial charge in [0.05, 0.1) is 5.56 Å². The molecule has 0 radical (unpaired) electrons. The van der Waals surface area contributed by atoms with Crippen LogP contribution < -0.4 is 5.32 Å². The summed E-state index contributed by atoms with van der Waals surface area (Å²) < 4.78 is 1.87. The van der Waals surface area contributed by atoms with Crippen LogP contribution in [0.3, 0.4) is 0 Å². The van der Waals surface area contributed by atoms with Gasteiger partial charge in [0.1, 0.15) is 0 Å². The van der Waals surface area contributed by atoms with Crippen molar-refractivity contribution in [3.8, 4) is 0 Å². The van der Waals surface area contributed by atoms with Gasteiger partial charge in [0, 0.05) is 15.1 Å². The third kappa shape index (κ3) is 2.20. The lowest BCUT2D eigenvalue weighted by Gasteiger charge is -2.02. The molecule has 1 rings (SSSR count). The molecule has 1 amide bonds. The van der Waals surface area contributed by atoms with Crippen molar-refractivity contribution in [3.05, 3.63) is 31.8 Å². The number of carbonyl (C=O) groups is 1. The predicted octanol–water partition coefficient (Wildman–Crippen LogP) is 2.41. The van der Waals surface area contributed by atoms with E-state index in [2.05, 4.69) is 43.8 Å². The first-order valence-corrected chi connectivity index (χ1v) is 5.19. The lowest BCUT2D eigenvalue weighted by Crippen LogP contribution is -2.18. The zero-order chi connectivity index (χ0) is 9.14. The number of halogens is 2. The van der Waals surface area contributed by atoms with Gasteiger partial charge in [-0.2, -0.15) is 0 Å². The number of hydrogen-bond donors (Lipinski definition) is 1. The van der Waals surface area contributed by atoms with Crippen molar-refractivity contribution in [3.63, 3.8) is 0 Å². The van der Waals surface area contributed by atoms with Gasteiger partial charge in [-0.1, -0.05) is 15.9 Å². The molecule has 0 aliphatic rings. The molecule has 0 heterocycles. The molecule has 1 aromatic carbocycles. The fourth-order valence-corrected chi connectivity index (χ4v) is 1.75. The number of carbonyl (C=O) groups excluding carboxylic acids is 1. The van der Waals surface area contributed by atoms with Gasteiger partial charge in [0.25, 0.3) is 5.91 Å². The first-order chi connectivity index (χ1) is 5.65. The summed E-state index contributed by atoms with van der Waals surface area (Å²) in [6.45, 7) is 0. The molecule has 0 aliphatic heterocycles. The third-order valence-corrected chi connectivity index (χ3v) is 2.83. The monoisotopic (exact) mass is 339 g/mol. The Morgan fingerprint density at radius 2 is 2.25 bits per heavy atom. The second kappa shape index (κ2) is 4.23. The summed E-state index contributed by atoms with van der Waals surface area (Å²) in [4.78, 5) is 11.2. The zero-order valence-electron chi connectivity index (χ0n) is 6.40. The molecule has 0 saturated heterocycles. The van der Waals surface area contributed by atoms with Crippen LogP contribution in [0.25, 0.3) is 0 Å². The highest BCUT2D eigenvalue weighted by atomic mass is 127. The quantitative estimate of drug-likeness (QED) is 0.782. The molecule has 0 aromatic heterocycles. The van der Waals surface area contributed by atoms with Crippen LogP contribution in [-0.4, -0.2) is 13.0 Å². The second-order valence-corrected chi connectivity index (χ2v) is 4.28. The Bertz CT molecular complexity index is 314. The smallest absolute Gasteiger partial charge is 0.252 e. The highest BCUT2D eigenvalue weighted by Gasteiger charge is 2.07. The Morgan fingerprint density at radius 3 is 2.83 bits per heavy atom. The van der Waals surface area contributed by atoms with Crippen molar-refractivity contribution in [2.45, 2.75) is 0 Å². The first-order valence-electron chi connectivity index (χ1n) is 3.32. The van der Waals surface area contributed by atoms with Gasteiger partial charge >= 0.3 is 0 Å². The van der Waals surface area contributed by atoms with E-state index in [1.807, 2.05) is 12.1 Å². The summed E-state index contributed by atoms with van der Waals surface area (Å²) in [7, 11) is 1.62. The average molecular weight is 340 g/mol. The van der Waals surface area contributed by atoms with E-state index in [0.717, 1.165) is 8.04 Å². The van der Waals surface area contributed by atoms with E-state index in [4.69, 9.17) is 0 Å². The summed E-state index contributed by atoms with van der Waals surface area (Å²) in [5, 5.41) is 2.58. The number of hydrogen-bond acceptors (Lipinski definition) is 1. The summed E-state index contributed by atoms with van der Waals surface area (Å²) >= 11 is 5.44. The minimum Gasteiger partial charge on any atom is -0.355 e. The summed E-state index contributed by atoms with van der Waals surface area (Å²) in [5.74, 6) is -0.0549.